The molecule has 0 spiro atoms. The number of aryl methyl sites for hydroxylation is 1. The van der Waals surface area contributed by atoms with Crippen LogP contribution >= 0.6 is 11.6 Å². The predicted octanol–water partition coefficient (Wildman–Crippen LogP) is 6.18. The lowest BCUT2D eigenvalue weighted by Gasteiger charge is -2.39. The van der Waals surface area contributed by atoms with Crippen LogP contribution in [0.2, 0.25) is 30.7 Å². The van der Waals surface area contributed by atoms with Crippen molar-refractivity contribution in [3.63, 3.8) is 0 Å². The van der Waals surface area contributed by atoms with Gasteiger partial charge in [0.05, 0.1) is 22.8 Å². The molecule has 8 nitrogen and oxygen atoms in total. The van der Waals surface area contributed by atoms with Crippen LogP contribution in [0.15, 0.2) is 18.3 Å². The van der Waals surface area contributed by atoms with Crippen molar-refractivity contribution in [1.82, 2.24) is 29.9 Å². The van der Waals surface area contributed by atoms with Gasteiger partial charge in [-0.05, 0) is 49.8 Å². The number of fused-ring (bicyclic) bond motifs is 4. The van der Waals surface area contributed by atoms with E-state index in [1.165, 1.54) is 25.7 Å². The minimum Gasteiger partial charge on any atom is -0.375 e. The fourth-order valence-electron chi connectivity index (χ4n) is 6.07. The van der Waals surface area contributed by atoms with Gasteiger partial charge in [-0.15, -0.1) is 0 Å². The quantitative estimate of drug-likeness (QED) is 0.224. The van der Waals surface area contributed by atoms with Gasteiger partial charge in [-0.3, -0.25) is 9.78 Å². The van der Waals surface area contributed by atoms with E-state index in [4.69, 9.17) is 26.3 Å². The second-order valence-electron chi connectivity index (χ2n) is 12.2. The molecule has 3 atom stereocenters. The maximum Gasteiger partial charge on any atom is 0.202 e. The molecule has 0 saturated carbocycles. The van der Waals surface area contributed by atoms with E-state index < -0.39 is 8.07 Å². The Morgan fingerprint density at radius 2 is 1.89 bits per heavy atom. The average Bonchev–Trinajstić information content (AvgIpc) is 3.49. The summed E-state index contributed by atoms with van der Waals surface area (Å²) in [7, 11) is 0.718. The molecular weight excluding hydrogens is 502 g/mol. The highest BCUT2D eigenvalue weighted by atomic mass is 35.5. The van der Waals surface area contributed by atoms with Crippen molar-refractivity contribution in [3.05, 3.63) is 29.0 Å². The zero-order valence-corrected chi connectivity index (χ0v) is 24.1. The summed E-state index contributed by atoms with van der Waals surface area (Å²) >= 11 is 6.87. The fourth-order valence-corrected chi connectivity index (χ4v) is 7.12. The third kappa shape index (κ3) is 4.66. The molecular formula is C27H36ClN7OSi. The Morgan fingerprint density at radius 3 is 2.62 bits per heavy atom. The number of hydrogen-bond acceptors (Lipinski definition) is 6. The van der Waals surface area contributed by atoms with Gasteiger partial charge in [-0.1, -0.05) is 38.2 Å². The summed E-state index contributed by atoms with van der Waals surface area (Å²) in [5.41, 5.74) is 4.75. The summed E-state index contributed by atoms with van der Waals surface area (Å²) in [5, 5.41) is 13.8. The SMILES string of the molecule is CC1C[C@H]2CC[C@@H](C1)N2c1nc2n[nH]c(-c3ccc4nn(C)cc4c3Cl)c2nc1COCC[Si](C)(C)C. The van der Waals surface area contributed by atoms with Gasteiger partial charge < -0.3 is 9.64 Å². The normalized spacial score (nSPS) is 22.0. The van der Waals surface area contributed by atoms with E-state index in [9.17, 15) is 0 Å². The average molecular weight is 538 g/mol. The first-order valence-electron chi connectivity index (χ1n) is 13.4. The molecule has 2 aliphatic rings. The van der Waals surface area contributed by atoms with Gasteiger partial charge in [0.25, 0.3) is 0 Å². The number of aromatic nitrogens is 6. The topological polar surface area (TPSA) is 84.8 Å². The second-order valence-corrected chi connectivity index (χ2v) is 18.2. The summed E-state index contributed by atoms with van der Waals surface area (Å²) in [5.74, 6) is 1.70. The maximum absolute atomic E-state index is 6.87. The number of nitrogens with zero attached hydrogens (tertiary/aromatic N) is 6. The first kappa shape index (κ1) is 24.8. The monoisotopic (exact) mass is 537 g/mol. The van der Waals surface area contributed by atoms with Gasteiger partial charge in [0, 0.05) is 51.0 Å². The number of H-pyrrole nitrogens is 1. The number of rotatable bonds is 7. The van der Waals surface area contributed by atoms with Crippen LogP contribution < -0.4 is 4.90 Å². The first-order valence-corrected chi connectivity index (χ1v) is 17.5. The van der Waals surface area contributed by atoms with Crippen LogP contribution in [0, 0.1) is 5.92 Å². The lowest BCUT2D eigenvalue weighted by Crippen LogP contribution is -2.43. The molecule has 5 heterocycles. The van der Waals surface area contributed by atoms with Crippen LogP contribution in [-0.2, 0) is 18.4 Å². The van der Waals surface area contributed by atoms with Crippen LogP contribution in [0.1, 0.15) is 38.3 Å². The van der Waals surface area contributed by atoms with Crippen LogP contribution in [0.3, 0.4) is 0 Å². The van der Waals surface area contributed by atoms with E-state index in [-0.39, 0.29) is 0 Å². The smallest absolute Gasteiger partial charge is 0.202 e. The highest BCUT2D eigenvalue weighted by Gasteiger charge is 2.41. The highest BCUT2D eigenvalue weighted by Crippen LogP contribution is 2.43. The second kappa shape index (κ2) is 9.36. The van der Waals surface area contributed by atoms with Crippen molar-refractivity contribution in [2.45, 2.75) is 77.0 Å². The number of piperidine rings is 1. The summed E-state index contributed by atoms with van der Waals surface area (Å²) in [4.78, 5) is 12.8. The molecule has 0 amide bonds. The molecule has 2 fully saturated rings. The standard InChI is InChI=1S/C27H36ClN7OSi/c1-16-12-17-6-7-18(13-16)35(17)27-22(15-36-10-11-37(3,4)5)29-25-24(31-32-26(25)30-27)19-8-9-21-20(23(19)28)14-34(2)33-21/h8-9,14,16-18H,6-7,10-13,15H2,1-5H3,(H,30,31,32)/t16?,17-,18+. The molecule has 2 aliphatic heterocycles. The largest absolute Gasteiger partial charge is 0.375 e. The van der Waals surface area contributed by atoms with Gasteiger partial charge in [-0.2, -0.15) is 10.2 Å². The molecule has 1 unspecified atom stereocenters. The third-order valence-electron chi connectivity index (χ3n) is 7.89. The highest BCUT2D eigenvalue weighted by molar-refractivity contribution is 6.76. The van der Waals surface area contributed by atoms with E-state index >= 15 is 0 Å². The predicted molar refractivity (Wildman–Crippen MR) is 152 cm³/mol. The van der Waals surface area contributed by atoms with E-state index in [1.807, 2.05) is 25.4 Å². The van der Waals surface area contributed by atoms with E-state index in [0.717, 1.165) is 57.8 Å². The van der Waals surface area contributed by atoms with E-state index in [0.29, 0.717) is 29.4 Å². The Hall–Kier alpha value is -2.49. The first-order chi connectivity index (χ1) is 17.7. The Morgan fingerprint density at radius 1 is 1.14 bits per heavy atom. The zero-order chi connectivity index (χ0) is 25.9. The Bertz CT molecular complexity index is 1440. The van der Waals surface area contributed by atoms with Crippen molar-refractivity contribution < 1.29 is 4.74 Å². The summed E-state index contributed by atoms with van der Waals surface area (Å²) in [6.45, 7) is 10.7. The molecule has 4 aromatic rings. The maximum atomic E-state index is 6.87. The molecule has 1 aromatic carbocycles. The summed E-state index contributed by atoms with van der Waals surface area (Å²) in [6, 6.07) is 6.13. The molecule has 0 aliphatic carbocycles. The van der Waals surface area contributed by atoms with Crippen LogP contribution in [0.25, 0.3) is 33.3 Å². The molecule has 10 heteroatoms. The van der Waals surface area contributed by atoms with Crippen molar-refractivity contribution >= 4 is 47.6 Å². The Kier molecular flexibility index (Phi) is 6.28. The molecule has 6 rings (SSSR count). The minimum absolute atomic E-state index is 0.453. The van der Waals surface area contributed by atoms with Crippen LogP contribution in [0.5, 0.6) is 0 Å². The summed E-state index contributed by atoms with van der Waals surface area (Å²) in [6.07, 6.45) is 6.79. The summed E-state index contributed by atoms with van der Waals surface area (Å²) < 4.78 is 8.01. The molecule has 3 aromatic heterocycles. The minimum atomic E-state index is -1.18. The molecule has 2 saturated heterocycles. The van der Waals surface area contributed by atoms with Gasteiger partial charge in [0.2, 0.25) is 5.65 Å². The lowest BCUT2D eigenvalue weighted by atomic mass is 9.92. The number of anilines is 1. The molecule has 196 valence electrons. The number of benzene rings is 1. The van der Waals surface area contributed by atoms with Gasteiger partial charge >= 0.3 is 0 Å². The molecule has 1 N–H and O–H groups in total. The Labute approximate surface area is 223 Å². The van der Waals surface area contributed by atoms with Crippen molar-refractivity contribution in [3.8, 4) is 11.3 Å². The molecule has 2 bridgehead atoms. The fraction of sp³-hybridized carbons (Fsp3) is 0.556. The molecule has 0 radical (unpaired) electrons. The van der Waals surface area contributed by atoms with E-state index in [1.54, 1.807) is 4.68 Å². The van der Waals surface area contributed by atoms with Crippen molar-refractivity contribution in [1.29, 1.82) is 0 Å². The van der Waals surface area contributed by atoms with E-state index in [2.05, 4.69) is 46.8 Å². The Balaban J connectivity index is 1.42. The number of halogens is 1. The molecule has 37 heavy (non-hydrogen) atoms. The number of nitrogens with one attached hydrogen (secondary N) is 1. The lowest BCUT2D eigenvalue weighted by molar-refractivity contribution is 0.130. The van der Waals surface area contributed by atoms with Gasteiger partial charge in [-0.25, -0.2) is 9.97 Å². The van der Waals surface area contributed by atoms with Crippen LogP contribution in [0.4, 0.5) is 5.82 Å². The van der Waals surface area contributed by atoms with Crippen molar-refractivity contribution in [2.75, 3.05) is 11.5 Å². The van der Waals surface area contributed by atoms with Crippen LogP contribution in [-0.4, -0.2) is 56.7 Å². The third-order valence-corrected chi connectivity index (χ3v) is 10.0. The number of hydrogen-bond donors (Lipinski definition) is 1. The zero-order valence-electron chi connectivity index (χ0n) is 22.4. The number of aromatic amines is 1. The van der Waals surface area contributed by atoms with Gasteiger partial charge in [0.1, 0.15) is 11.2 Å². The van der Waals surface area contributed by atoms with Crippen molar-refractivity contribution in [2.24, 2.45) is 13.0 Å². The number of ether oxygens (including phenoxy) is 1. The van der Waals surface area contributed by atoms with Gasteiger partial charge in [0.15, 0.2) is 5.82 Å².